The van der Waals surface area contributed by atoms with Gasteiger partial charge in [0.25, 0.3) is 0 Å². The second kappa shape index (κ2) is 4.61. The molecule has 0 radical (unpaired) electrons. The highest BCUT2D eigenvalue weighted by atomic mass is 127. The van der Waals surface area contributed by atoms with E-state index in [-0.39, 0.29) is 0 Å². The summed E-state index contributed by atoms with van der Waals surface area (Å²) in [7, 11) is 0. The number of piperidine rings is 1. The number of rotatable bonds is 1. The van der Waals surface area contributed by atoms with Crippen LogP contribution in [0, 0.1) is 8.34 Å². The zero-order valence-electron chi connectivity index (χ0n) is 9.45. The summed E-state index contributed by atoms with van der Waals surface area (Å²) >= 11 is 7.77. The third kappa shape index (κ3) is 2.10. The lowest BCUT2D eigenvalue weighted by Crippen LogP contribution is -2.39. The van der Waals surface area contributed by atoms with Crippen molar-refractivity contribution < 1.29 is 0 Å². The Morgan fingerprint density at radius 2 is 1.94 bits per heavy atom. The molecular formula is C12H14IN3S. The molecule has 3 rings (SSSR count). The van der Waals surface area contributed by atoms with Crippen LogP contribution in [0.5, 0.6) is 0 Å². The maximum Gasteiger partial charge on any atom is 0.197 e. The van der Waals surface area contributed by atoms with E-state index in [1.807, 2.05) is 0 Å². The van der Waals surface area contributed by atoms with E-state index in [9.17, 15) is 0 Å². The summed E-state index contributed by atoms with van der Waals surface area (Å²) < 4.78 is 4.21. The zero-order valence-corrected chi connectivity index (χ0v) is 12.4. The molecule has 0 saturated carbocycles. The minimum atomic E-state index is 0.809. The Morgan fingerprint density at radius 1 is 1.18 bits per heavy atom. The van der Waals surface area contributed by atoms with Gasteiger partial charge in [-0.15, -0.1) is 0 Å². The quantitative estimate of drug-likeness (QED) is 0.623. The Kier molecular flexibility index (Phi) is 3.12. The zero-order chi connectivity index (χ0) is 11.8. The Bertz CT molecular complexity index is 595. The van der Waals surface area contributed by atoms with Crippen LogP contribution in [0.25, 0.3) is 11.0 Å². The predicted octanol–water partition coefficient (Wildman–Crippen LogP) is 3.43. The van der Waals surface area contributed by atoms with Crippen LogP contribution in [0.4, 0.5) is 0 Å². The Morgan fingerprint density at radius 3 is 2.71 bits per heavy atom. The summed E-state index contributed by atoms with van der Waals surface area (Å²) in [4.78, 5) is 3.30. The lowest BCUT2D eigenvalue weighted by atomic mass is 10.2. The third-order valence-corrected chi connectivity index (χ3v) is 4.18. The molecule has 2 aromatic rings. The molecule has 90 valence electrons. The maximum atomic E-state index is 5.44. The van der Waals surface area contributed by atoms with Gasteiger partial charge in [0.1, 0.15) is 0 Å². The van der Waals surface area contributed by atoms with Crippen LogP contribution in [0.2, 0.25) is 0 Å². The lowest BCUT2D eigenvalue weighted by molar-refractivity contribution is 0.483. The number of hydrogen-bond acceptors (Lipinski definition) is 2. The van der Waals surface area contributed by atoms with E-state index in [0.717, 1.165) is 23.4 Å². The smallest absolute Gasteiger partial charge is 0.197 e. The van der Waals surface area contributed by atoms with Crippen LogP contribution >= 0.6 is 34.8 Å². The van der Waals surface area contributed by atoms with Crippen molar-refractivity contribution in [3.8, 4) is 0 Å². The van der Waals surface area contributed by atoms with Gasteiger partial charge >= 0.3 is 0 Å². The number of imidazole rings is 1. The number of fused-ring (bicyclic) bond motifs is 1. The molecule has 1 N–H and O–H groups in total. The van der Waals surface area contributed by atoms with Gasteiger partial charge in [-0.25, -0.2) is 4.68 Å². The molecule has 1 saturated heterocycles. The highest BCUT2D eigenvalue weighted by Crippen LogP contribution is 2.19. The molecule has 5 heteroatoms. The number of aromatic nitrogens is 2. The highest BCUT2D eigenvalue weighted by Gasteiger charge is 2.14. The molecule has 1 fully saturated rings. The van der Waals surface area contributed by atoms with Crippen molar-refractivity contribution in [1.29, 1.82) is 0 Å². The van der Waals surface area contributed by atoms with Crippen LogP contribution in [0.15, 0.2) is 18.2 Å². The van der Waals surface area contributed by atoms with E-state index in [2.05, 4.69) is 55.5 Å². The third-order valence-electron chi connectivity index (χ3n) is 3.24. The molecule has 0 spiro atoms. The number of benzene rings is 1. The Labute approximate surface area is 119 Å². The largest absolute Gasteiger partial charge is 0.329 e. The number of aromatic amines is 1. The van der Waals surface area contributed by atoms with Gasteiger partial charge in [-0.3, -0.25) is 0 Å². The summed E-state index contributed by atoms with van der Waals surface area (Å²) in [6.07, 6.45) is 3.86. The fourth-order valence-corrected chi connectivity index (χ4v) is 3.24. The molecular weight excluding hydrogens is 345 g/mol. The highest BCUT2D eigenvalue weighted by molar-refractivity contribution is 14.1. The second-order valence-corrected chi connectivity index (χ2v) is 6.05. The molecule has 0 bridgehead atoms. The minimum absolute atomic E-state index is 0.809. The van der Waals surface area contributed by atoms with Crippen molar-refractivity contribution in [1.82, 2.24) is 9.66 Å². The van der Waals surface area contributed by atoms with Gasteiger partial charge in [-0.05, 0) is 72.3 Å². The topological polar surface area (TPSA) is 24.0 Å². The average molecular weight is 359 g/mol. The first-order chi connectivity index (χ1) is 8.25. The summed E-state index contributed by atoms with van der Waals surface area (Å²) in [5, 5.41) is 2.36. The number of hydrogen-bond donors (Lipinski definition) is 1. The molecule has 1 aromatic heterocycles. The predicted molar refractivity (Wildman–Crippen MR) is 81.6 cm³/mol. The van der Waals surface area contributed by atoms with E-state index >= 15 is 0 Å². The molecule has 0 aliphatic carbocycles. The van der Waals surface area contributed by atoms with Crippen molar-refractivity contribution in [2.45, 2.75) is 19.3 Å². The number of halogens is 1. The number of H-pyrrole nitrogens is 1. The first-order valence-electron chi connectivity index (χ1n) is 5.91. The van der Waals surface area contributed by atoms with Crippen molar-refractivity contribution in [3.63, 3.8) is 0 Å². The maximum absolute atomic E-state index is 5.44. The van der Waals surface area contributed by atoms with Crippen molar-refractivity contribution in [2.75, 3.05) is 18.1 Å². The van der Waals surface area contributed by atoms with Gasteiger partial charge in [0.15, 0.2) is 4.77 Å². The molecule has 1 aliphatic heterocycles. The van der Waals surface area contributed by atoms with Crippen molar-refractivity contribution >= 4 is 45.8 Å². The first kappa shape index (κ1) is 11.5. The molecule has 0 amide bonds. The summed E-state index contributed by atoms with van der Waals surface area (Å²) in [5.74, 6) is 0. The van der Waals surface area contributed by atoms with Crippen LogP contribution in [-0.2, 0) is 0 Å². The number of nitrogens with zero attached hydrogens (tertiary/aromatic N) is 2. The second-order valence-electron chi connectivity index (χ2n) is 4.42. The van der Waals surface area contributed by atoms with Crippen molar-refractivity contribution in [2.24, 2.45) is 0 Å². The summed E-state index contributed by atoms with van der Waals surface area (Å²) in [6, 6.07) is 6.43. The van der Waals surface area contributed by atoms with Gasteiger partial charge in [0, 0.05) is 16.7 Å². The van der Waals surface area contributed by atoms with E-state index in [1.54, 1.807) is 0 Å². The normalized spacial score (nSPS) is 16.6. The standard InChI is InChI=1S/C12H14IN3S/c13-9-4-5-11-10(8-9)14-12(17)16(11)15-6-2-1-3-7-15/h4-5,8H,1-3,6-7H2,(H,14,17). The minimum Gasteiger partial charge on any atom is -0.329 e. The van der Waals surface area contributed by atoms with Crippen LogP contribution in [-0.4, -0.2) is 22.7 Å². The van der Waals surface area contributed by atoms with Gasteiger partial charge in [0.2, 0.25) is 0 Å². The lowest BCUT2D eigenvalue weighted by Gasteiger charge is -2.29. The van der Waals surface area contributed by atoms with Crippen LogP contribution in [0.1, 0.15) is 19.3 Å². The number of nitrogens with one attached hydrogen (secondary N) is 1. The SMILES string of the molecule is S=c1[nH]c2cc(I)ccc2n1N1CCCCC1. The monoisotopic (exact) mass is 359 g/mol. The molecule has 3 nitrogen and oxygen atoms in total. The molecule has 1 aromatic carbocycles. The molecule has 2 heterocycles. The van der Waals surface area contributed by atoms with Crippen molar-refractivity contribution in [3.05, 3.63) is 26.5 Å². The fraction of sp³-hybridized carbons (Fsp3) is 0.417. The van der Waals surface area contributed by atoms with E-state index in [1.165, 1.54) is 28.3 Å². The van der Waals surface area contributed by atoms with Gasteiger partial charge < -0.3 is 9.99 Å². The van der Waals surface area contributed by atoms with Gasteiger partial charge in [-0.1, -0.05) is 0 Å². The van der Waals surface area contributed by atoms with E-state index in [0.29, 0.717) is 0 Å². The van der Waals surface area contributed by atoms with Gasteiger partial charge in [-0.2, -0.15) is 0 Å². The van der Waals surface area contributed by atoms with Crippen LogP contribution in [0.3, 0.4) is 0 Å². The van der Waals surface area contributed by atoms with Gasteiger partial charge in [0.05, 0.1) is 11.0 Å². The van der Waals surface area contributed by atoms with Crippen LogP contribution < -0.4 is 5.01 Å². The summed E-state index contributed by atoms with van der Waals surface area (Å²) in [5.41, 5.74) is 2.32. The molecule has 0 atom stereocenters. The van der Waals surface area contributed by atoms with E-state index in [4.69, 9.17) is 12.2 Å². The Hall–Kier alpha value is -0.560. The summed E-state index contributed by atoms with van der Waals surface area (Å²) in [6.45, 7) is 2.21. The molecule has 1 aliphatic rings. The molecule has 0 unspecified atom stereocenters. The average Bonchev–Trinajstić information content (AvgIpc) is 2.65. The molecule has 17 heavy (non-hydrogen) atoms. The first-order valence-corrected chi connectivity index (χ1v) is 7.40. The fourth-order valence-electron chi connectivity index (χ4n) is 2.43. The van der Waals surface area contributed by atoms with E-state index < -0.39 is 0 Å². The Balaban J connectivity index is 2.14.